The van der Waals surface area contributed by atoms with Crippen LogP contribution in [0.25, 0.3) is 0 Å². The van der Waals surface area contributed by atoms with Crippen molar-refractivity contribution in [2.75, 3.05) is 12.0 Å². The maximum atomic E-state index is 11.5. The van der Waals surface area contributed by atoms with Crippen LogP contribution in [0.2, 0.25) is 0 Å². The molecule has 15 heavy (non-hydrogen) atoms. The van der Waals surface area contributed by atoms with Gasteiger partial charge in [-0.25, -0.2) is 10.8 Å². The number of hydrazine groups is 1. The number of carbonyl (C=O) groups is 1. The summed E-state index contributed by atoms with van der Waals surface area (Å²) in [5.74, 6) is 5.15. The lowest BCUT2D eigenvalue weighted by Crippen LogP contribution is -2.17. The highest BCUT2D eigenvalue weighted by molar-refractivity contribution is 5.79. The Morgan fingerprint density at radius 2 is 2.47 bits per heavy atom. The molecule has 0 radical (unpaired) electrons. The lowest BCUT2D eigenvalue weighted by molar-refractivity contribution is -0.144. The average Bonchev–Trinajstić information content (AvgIpc) is 2.28. The minimum Gasteiger partial charge on any atom is -0.466 e. The van der Waals surface area contributed by atoms with Crippen LogP contribution in [0.1, 0.15) is 25.3 Å². The molecule has 5 nitrogen and oxygen atoms in total. The van der Waals surface area contributed by atoms with Crippen LogP contribution in [0.4, 0.5) is 5.82 Å². The Kier molecular flexibility index (Phi) is 4.05. The number of esters is 1. The van der Waals surface area contributed by atoms with E-state index in [1.54, 1.807) is 32.2 Å². The summed E-state index contributed by atoms with van der Waals surface area (Å²) in [7, 11) is 0. The lowest BCUT2D eigenvalue weighted by Gasteiger charge is -2.13. The number of aromatic nitrogens is 1. The van der Waals surface area contributed by atoms with Gasteiger partial charge < -0.3 is 10.2 Å². The summed E-state index contributed by atoms with van der Waals surface area (Å²) in [6.45, 7) is 3.90. The fourth-order valence-electron chi connectivity index (χ4n) is 1.28. The van der Waals surface area contributed by atoms with Crippen molar-refractivity contribution in [3.05, 3.63) is 23.9 Å². The quantitative estimate of drug-likeness (QED) is 0.440. The van der Waals surface area contributed by atoms with Crippen molar-refractivity contribution in [3.63, 3.8) is 0 Å². The third-order valence-electron chi connectivity index (χ3n) is 2.08. The van der Waals surface area contributed by atoms with Crippen LogP contribution in [-0.2, 0) is 9.53 Å². The third-order valence-corrected chi connectivity index (χ3v) is 2.08. The van der Waals surface area contributed by atoms with E-state index in [0.29, 0.717) is 12.4 Å². The molecule has 0 bridgehead atoms. The molecule has 1 heterocycles. The molecule has 0 aliphatic carbocycles. The molecule has 0 aliphatic heterocycles. The fraction of sp³-hybridized carbons (Fsp3) is 0.400. The predicted molar refractivity (Wildman–Crippen MR) is 57.1 cm³/mol. The maximum Gasteiger partial charge on any atom is 0.313 e. The highest BCUT2D eigenvalue weighted by atomic mass is 16.5. The van der Waals surface area contributed by atoms with E-state index in [9.17, 15) is 4.79 Å². The van der Waals surface area contributed by atoms with Crippen molar-refractivity contribution >= 4 is 11.8 Å². The Hall–Kier alpha value is -1.62. The second-order valence-electron chi connectivity index (χ2n) is 3.06. The van der Waals surface area contributed by atoms with Crippen LogP contribution in [-0.4, -0.2) is 17.6 Å². The van der Waals surface area contributed by atoms with Gasteiger partial charge in [-0.3, -0.25) is 4.79 Å². The number of pyridine rings is 1. The van der Waals surface area contributed by atoms with Gasteiger partial charge in [0.15, 0.2) is 0 Å². The van der Waals surface area contributed by atoms with Gasteiger partial charge in [0.25, 0.3) is 0 Å². The van der Waals surface area contributed by atoms with Crippen LogP contribution in [0.3, 0.4) is 0 Å². The number of ether oxygens (including phenoxy) is 1. The molecule has 0 saturated heterocycles. The third kappa shape index (κ3) is 2.66. The van der Waals surface area contributed by atoms with E-state index in [1.807, 2.05) is 0 Å². The minimum atomic E-state index is -0.371. The van der Waals surface area contributed by atoms with E-state index in [0.717, 1.165) is 5.56 Å². The molecular weight excluding hydrogens is 194 g/mol. The zero-order chi connectivity index (χ0) is 11.3. The molecule has 0 amide bonds. The summed E-state index contributed by atoms with van der Waals surface area (Å²) >= 11 is 0. The largest absolute Gasteiger partial charge is 0.466 e. The molecule has 3 N–H and O–H groups in total. The van der Waals surface area contributed by atoms with Gasteiger partial charge in [0.2, 0.25) is 0 Å². The first-order valence-corrected chi connectivity index (χ1v) is 4.78. The number of hydrogen-bond donors (Lipinski definition) is 2. The highest BCUT2D eigenvalue weighted by Crippen LogP contribution is 2.22. The Bertz CT molecular complexity index is 341. The first kappa shape index (κ1) is 11.5. The van der Waals surface area contributed by atoms with Crippen LogP contribution >= 0.6 is 0 Å². The number of nitrogens with one attached hydrogen (secondary N) is 1. The number of carbonyl (C=O) groups excluding carboxylic acids is 1. The van der Waals surface area contributed by atoms with Gasteiger partial charge in [-0.15, -0.1) is 0 Å². The Morgan fingerprint density at radius 1 is 1.73 bits per heavy atom. The second kappa shape index (κ2) is 5.31. The molecule has 1 atom stereocenters. The molecule has 1 rings (SSSR count). The molecule has 0 spiro atoms. The van der Waals surface area contributed by atoms with Crippen LogP contribution in [0, 0.1) is 0 Å². The summed E-state index contributed by atoms with van der Waals surface area (Å²) in [4.78, 5) is 15.5. The average molecular weight is 209 g/mol. The molecule has 1 aromatic rings. The SMILES string of the molecule is CCOC(=O)C(C)c1cccnc1NN. The van der Waals surface area contributed by atoms with Gasteiger partial charge in [0.1, 0.15) is 5.82 Å². The van der Waals surface area contributed by atoms with E-state index in [4.69, 9.17) is 10.6 Å². The fourth-order valence-corrected chi connectivity index (χ4v) is 1.28. The van der Waals surface area contributed by atoms with Crippen LogP contribution in [0.5, 0.6) is 0 Å². The number of hydrogen-bond acceptors (Lipinski definition) is 5. The van der Waals surface area contributed by atoms with E-state index in [1.165, 1.54) is 0 Å². The summed E-state index contributed by atoms with van der Waals surface area (Å²) in [5, 5.41) is 0. The van der Waals surface area contributed by atoms with E-state index in [2.05, 4.69) is 10.4 Å². The molecular formula is C10H15N3O2. The summed E-state index contributed by atoms with van der Waals surface area (Å²) in [6, 6.07) is 3.55. The molecule has 0 aliphatic rings. The van der Waals surface area contributed by atoms with Crippen LogP contribution < -0.4 is 11.3 Å². The first-order valence-electron chi connectivity index (χ1n) is 4.78. The molecule has 1 unspecified atom stereocenters. The smallest absolute Gasteiger partial charge is 0.313 e. The topological polar surface area (TPSA) is 77.2 Å². The standard InChI is InChI=1S/C10H15N3O2/c1-3-15-10(14)7(2)8-5-4-6-12-9(8)13-11/h4-7H,3,11H2,1-2H3,(H,12,13). The lowest BCUT2D eigenvalue weighted by atomic mass is 10.0. The molecule has 5 heteroatoms. The first-order chi connectivity index (χ1) is 7.20. The number of nitrogens with two attached hydrogens (primary N) is 1. The number of rotatable bonds is 4. The van der Waals surface area contributed by atoms with Gasteiger partial charge in [0, 0.05) is 11.8 Å². The van der Waals surface area contributed by atoms with Crippen molar-refractivity contribution in [1.82, 2.24) is 4.98 Å². The van der Waals surface area contributed by atoms with Gasteiger partial charge in [-0.2, -0.15) is 0 Å². The number of nitrogens with zero attached hydrogens (tertiary/aromatic N) is 1. The van der Waals surface area contributed by atoms with E-state index >= 15 is 0 Å². The zero-order valence-electron chi connectivity index (χ0n) is 8.86. The normalized spacial score (nSPS) is 11.9. The predicted octanol–water partition coefficient (Wildman–Crippen LogP) is 1.03. The molecule has 0 saturated carbocycles. The van der Waals surface area contributed by atoms with Gasteiger partial charge in [-0.1, -0.05) is 6.07 Å². The Morgan fingerprint density at radius 3 is 3.07 bits per heavy atom. The Labute approximate surface area is 88.6 Å². The summed E-state index contributed by atoms with van der Waals surface area (Å²) < 4.78 is 4.92. The maximum absolute atomic E-state index is 11.5. The number of anilines is 1. The van der Waals surface area contributed by atoms with Gasteiger partial charge in [-0.05, 0) is 19.9 Å². The Balaban J connectivity index is 2.89. The second-order valence-corrected chi connectivity index (χ2v) is 3.06. The van der Waals surface area contributed by atoms with Crippen LogP contribution in [0.15, 0.2) is 18.3 Å². The van der Waals surface area contributed by atoms with Crippen molar-refractivity contribution in [2.45, 2.75) is 19.8 Å². The molecule has 0 aromatic carbocycles. The molecule has 82 valence electrons. The highest BCUT2D eigenvalue weighted by Gasteiger charge is 2.19. The summed E-state index contributed by atoms with van der Waals surface area (Å²) in [5.41, 5.74) is 3.19. The van der Waals surface area contributed by atoms with Crippen molar-refractivity contribution < 1.29 is 9.53 Å². The van der Waals surface area contributed by atoms with Gasteiger partial charge in [0.05, 0.1) is 12.5 Å². The zero-order valence-corrected chi connectivity index (χ0v) is 8.86. The van der Waals surface area contributed by atoms with Crippen molar-refractivity contribution in [2.24, 2.45) is 5.84 Å². The van der Waals surface area contributed by atoms with Crippen molar-refractivity contribution in [3.8, 4) is 0 Å². The monoisotopic (exact) mass is 209 g/mol. The number of nitrogen functional groups attached to an aromatic ring is 1. The summed E-state index contributed by atoms with van der Waals surface area (Å²) in [6.07, 6.45) is 1.61. The molecule has 0 fully saturated rings. The van der Waals surface area contributed by atoms with E-state index < -0.39 is 0 Å². The minimum absolute atomic E-state index is 0.276. The molecule has 1 aromatic heterocycles. The van der Waals surface area contributed by atoms with E-state index in [-0.39, 0.29) is 11.9 Å². The van der Waals surface area contributed by atoms with Crippen molar-refractivity contribution in [1.29, 1.82) is 0 Å². The van der Waals surface area contributed by atoms with Gasteiger partial charge >= 0.3 is 5.97 Å².